The van der Waals surface area contributed by atoms with Crippen LogP contribution in [-0.4, -0.2) is 17.8 Å². The van der Waals surface area contributed by atoms with Gasteiger partial charge in [-0.25, -0.2) is 0 Å². The molecule has 2 heteroatoms. The minimum absolute atomic E-state index is 0.199. The molecule has 0 heterocycles. The molecule has 0 aliphatic heterocycles. The summed E-state index contributed by atoms with van der Waals surface area (Å²) in [7, 11) is 0. The Bertz CT molecular complexity index is 319. The molecule has 1 aromatic carbocycles. The molecule has 1 atom stereocenters. The fraction of sp³-hybridized carbons (Fsp3) is 0.500. The zero-order valence-electron chi connectivity index (χ0n) is 11.2. The lowest BCUT2D eigenvalue weighted by Crippen LogP contribution is -2.05. The number of hydrogen-bond donors (Lipinski definition) is 1. The molecular weight excluding hydrogens is 224 g/mol. The minimum atomic E-state index is -0.199. The molecule has 1 N–H and O–H groups in total. The van der Waals surface area contributed by atoms with Gasteiger partial charge >= 0.3 is 0 Å². The third-order valence-electron chi connectivity index (χ3n) is 2.83. The molecule has 0 aliphatic carbocycles. The quantitative estimate of drug-likeness (QED) is 0.533. The van der Waals surface area contributed by atoms with E-state index in [9.17, 15) is 5.11 Å². The molecule has 0 spiro atoms. The van der Waals surface area contributed by atoms with Gasteiger partial charge in [-0.15, -0.1) is 0 Å². The second-order valence-corrected chi connectivity index (χ2v) is 4.49. The predicted molar refractivity (Wildman–Crippen MR) is 75.4 cm³/mol. The van der Waals surface area contributed by atoms with Gasteiger partial charge in [-0.2, -0.15) is 0 Å². The molecule has 0 saturated carbocycles. The molecule has 0 aliphatic rings. The molecule has 1 aromatic rings. The summed E-state index contributed by atoms with van der Waals surface area (Å²) >= 11 is 0. The highest BCUT2D eigenvalue weighted by atomic mass is 16.5. The van der Waals surface area contributed by atoms with Crippen LogP contribution in [0.25, 0.3) is 0 Å². The Balaban J connectivity index is 1.96. The van der Waals surface area contributed by atoms with Crippen LogP contribution in [0.2, 0.25) is 0 Å². The van der Waals surface area contributed by atoms with Crippen molar-refractivity contribution in [2.24, 2.45) is 0 Å². The maximum Gasteiger partial charge on any atom is 0.0716 e. The van der Waals surface area contributed by atoms with Crippen molar-refractivity contribution < 1.29 is 9.84 Å². The summed E-state index contributed by atoms with van der Waals surface area (Å²) in [6.07, 6.45) is 7.45. The van der Waals surface area contributed by atoms with Crippen LogP contribution in [0.3, 0.4) is 0 Å². The fourth-order valence-corrected chi connectivity index (χ4v) is 1.76. The molecule has 0 amide bonds. The number of rotatable bonds is 9. The number of aliphatic hydroxyl groups is 1. The van der Waals surface area contributed by atoms with Gasteiger partial charge in [0.25, 0.3) is 0 Å². The Morgan fingerprint density at radius 1 is 1.22 bits per heavy atom. The minimum Gasteiger partial charge on any atom is -0.393 e. The normalized spacial score (nSPS) is 13.0. The summed E-state index contributed by atoms with van der Waals surface area (Å²) in [4.78, 5) is 0. The van der Waals surface area contributed by atoms with Crippen molar-refractivity contribution in [1.82, 2.24) is 0 Å². The van der Waals surface area contributed by atoms with Crippen molar-refractivity contribution in [3.8, 4) is 0 Å². The van der Waals surface area contributed by atoms with Crippen molar-refractivity contribution in [3.05, 3.63) is 48.0 Å². The number of hydrogen-bond acceptors (Lipinski definition) is 2. The van der Waals surface area contributed by atoms with Gasteiger partial charge in [0.2, 0.25) is 0 Å². The molecule has 0 unspecified atom stereocenters. The SMILES string of the molecule is C/C=C\C[C@@H](O)CCCCOCc1ccccc1. The van der Waals surface area contributed by atoms with Gasteiger partial charge < -0.3 is 9.84 Å². The topological polar surface area (TPSA) is 29.5 Å². The highest BCUT2D eigenvalue weighted by Gasteiger charge is 2.00. The first-order valence-corrected chi connectivity index (χ1v) is 6.74. The summed E-state index contributed by atoms with van der Waals surface area (Å²) in [6, 6.07) is 10.2. The number of benzene rings is 1. The number of unbranched alkanes of at least 4 members (excludes halogenated alkanes) is 1. The molecule has 0 fully saturated rings. The number of allylic oxidation sites excluding steroid dienone is 1. The van der Waals surface area contributed by atoms with E-state index in [1.165, 1.54) is 5.56 Å². The fourth-order valence-electron chi connectivity index (χ4n) is 1.76. The molecule has 18 heavy (non-hydrogen) atoms. The largest absolute Gasteiger partial charge is 0.393 e. The van der Waals surface area contributed by atoms with Gasteiger partial charge in [-0.3, -0.25) is 0 Å². The van der Waals surface area contributed by atoms with E-state index in [2.05, 4.69) is 12.1 Å². The van der Waals surface area contributed by atoms with E-state index in [0.29, 0.717) is 6.61 Å². The van der Waals surface area contributed by atoms with E-state index in [4.69, 9.17) is 4.74 Å². The lowest BCUT2D eigenvalue weighted by Gasteiger charge is -2.08. The Hall–Kier alpha value is -1.12. The monoisotopic (exact) mass is 248 g/mol. The number of ether oxygens (including phenoxy) is 1. The van der Waals surface area contributed by atoms with Gasteiger partial charge in [0.15, 0.2) is 0 Å². The molecular formula is C16H24O2. The maximum atomic E-state index is 9.62. The van der Waals surface area contributed by atoms with Crippen LogP contribution in [0.1, 0.15) is 38.2 Å². The lowest BCUT2D eigenvalue weighted by molar-refractivity contribution is 0.110. The lowest BCUT2D eigenvalue weighted by atomic mass is 10.1. The molecule has 2 nitrogen and oxygen atoms in total. The Morgan fingerprint density at radius 3 is 2.72 bits per heavy atom. The molecule has 0 saturated heterocycles. The first-order valence-electron chi connectivity index (χ1n) is 6.74. The average molecular weight is 248 g/mol. The van der Waals surface area contributed by atoms with E-state index in [-0.39, 0.29) is 6.10 Å². The zero-order valence-corrected chi connectivity index (χ0v) is 11.2. The van der Waals surface area contributed by atoms with Gasteiger partial charge in [-0.05, 0) is 38.2 Å². The Kier molecular flexibility index (Phi) is 8.19. The van der Waals surface area contributed by atoms with E-state index in [1.54, 1.807) is 0 Å². The van der Waals surface area contributed by atoms with Crippen molar-refractivity contribution in [2.75, 3.05) is 6.61 Å². The summed E-state index contributed by atoms with van der Waals surface area (Å²) in [5.41, 5.74) is 1.21. The summed E-state index contributed by atoms with van der Waals surface area (Å²) < 4.78 is 5.59. The first-order chi connectivity index (χ1) is 8.83. The van der Waals surface area contributed by atoms with Crippen molar-refractivity contribution >= 4 is 0 Å². The van der Waals surface area contributed by atoms with Crippen LogP contribution in [0.15, 0.2) is 42.5 Å². The van der Waals surface area contributed by atoms with E-state index in [1.807, 2.05) is 37.3 Å². The zero-order chi connectivity index (χ0) is 13.1. The highest BCUT2D eigenvalue weighted by molar-refractivity contribution is 5.13. The van der Waals surface area contributed by atoms with Crippen LogP contribution in [0.5, 0.6) is 0 Å². The van der Waals surface area contributed by atoms with Crippen LogP contribution in [-0.2, 0) is 11.3 Å². The van der Waals surface area contributed by atoms with E-state index in [0.717, 1.165) is 32.3 Å². The second kappa shape index (κ2) is 9.86. The van der Waals surface area contributed by atoms with E-state index < -0.39 is 0 Å². The van der Waals surface area contributed by atoms with Crippen LogP contribution in [0, 0.1) is 0 Å². The van der Waals surface area contributed by atoms with Crippen molar-refractivity contribution in [2.45, 2.75) is 45.3 Å². The Morgan fingerprint density at radius 2 is 2.00 bits per heavy atom. The molecule has 100 valence electrons. The third kappa shape index (κ3) is 7.25. The highest BCUT2D eigenvalue weighted by Crippen LogP contribution is 2.06. The number of aliphatic hydroxyl groups excluding tert-OH is 1. The average Bonchev–Trinajstić information content (AvgIpc) is 2.41. The summed E-state index contributed by atoms with van der Waals surface area (Å²) in [5, 5.41) is 9.62. The standard InChI is InChI=1S/C16H24O2/c1-2-3-11-16(17)12-7-8-13-18-14-15-9-5-4-6-10-15/h2-6,9-10,16-17H,7-8,11-14H2,1H3/b3-2-/t16-/m1/s1. The van der Waals surface area contributed by atoms with Gasteiger partial charge in [0.05, 0.1) is 12.7 Å². The second-order valence-electron chi connectivity index (χ2n) is 4.49. The smallest absolute Gasteiger partial charge is 0.0716 e. The van der Waals surface area contributed by atoms with Gasteiger partial charge in [-0.1, -0.05) is 42.5 Å². The van der Waals surface area contributed by atoms with Gasteiger partial charge in [0, 0.05) is 6.61 Å². The molecule has 0 bridgehead atoms. The van der Waals surface area contributed by atoms with Crippen molar-refractivity contribution in [3.63, 3.8) is 0 Å². The molecule has 1 rings (SSSR count). The third-order valence-corrected chi connectivity index (χ3v) is 2.83. The maximum absolute atomic E-state index is 9.62. The van der Waals surface area contributed by atoms with Crippen molar-refractivity contribution in [1.29, 1.82) is 0 Å². The van der Waals surface area contributed by atoms with Crippen LogP contribution in [0.4, 0.5) is 0 Å². The molecule has 0 radical (unpaired) electrons. The van der Waals surface area contributed by atoms with Crippen LogP contribution >= 0.6 is 0 Å². The van der Waals surface area contributed by atoms with E-state index >= 15 is 0 Å². The summed E-state index contributed by atoms with van der Waals surface area (Å²) in [6.45, 7) is 3.43. The predicted octanol–water partition coefficient (Wildman–Crippen LogP) is 3.70. The molecule has 0 aromatic heterocycles. The van der Waals surface area contributed by atoms with Gasteiger partial charge in [0.1, 0.15) is 0 Å². The van der Waals surface area contributed by atoms with Crippen LogP contribution < -0.4 is 0 Å². The first kappa shape index (κ1) is 14.9. The summed E-state index contributed by atoms with van der Waals surface area (Å²) in [5.74, 6) is 0. The Labute approximate surface area is 110 Å².